The summed E-state index contributed by atoms with van der Waals surface area (Å²) in [5, 5.41) is 13.6. The normalized spacial score (nSPS) is 15.5. The lowest BCUT2D eigenvalue weighted by Gasteiger charge is -2.09. The van der Waals surface area contributed by atoms with Gasteiger partial charge in [0.05, 0.1) is 22.7 Å². The number of aliphatic imine (C=N–C) groups is 1. The molecule has 3 aromatic rings. The van der Waals surface area contributed by atoms with Crippen LogP contribution in [-0.4, -0.2) is 5.71 Å². The summed E-state index contributed by atoms with van der Waals surface area (Å²) in [5.74, 6) is 0. The zero-order chi connectivity index (χ0) is 21.4. The van der Waals surface area contributed by atoms with Crippen LogP contribution in [0, 0.1) is 45.9 Å². The predicted molar refractivity (Wildman–Crippen MR) is 125 cm³/mol. The fraction of sp³-hybridized carbons (Fsp3) is 0.185. The Bertz CT molecular complexity index is 1230. The van der Waals surface area contributed by atoms with Crippen molar-refractivity contribution in [1.82, 2.24) is 0 Å². The molecule has 0 unspecified atom stereocenters. The molecule has 0 aliphatic carbocycles. The fourth-order valence-electron chi connectivity index (χ4n) is 4.12. The van der Waals surface area contributed by atoms with Gasteiger partial charge in [-0.05, 0) is 80.6 Å². The number of nitrogens with zero attached hydrogens (tertiary/aromatic N) is 2. The summed E-state index contributed by atoms with van der Waals surface area (Å²) in [4.78, 5) is 5.05. The smallest absolute Gasteiger partial charge is 0.102 e. The molecule has 30 heavy (non-hydrogen) atoms. The first-order valence-corrected chi connectivity index (χ1v) is 10.1. The molecule has 0 spiro atoms. The molecule has 0 bridgehead atoms. The van der Waals surface area contributed by atoms with Crippen molar-refractivity contribution in [3.05, 3.63) is 99.2 Å². The van der Waals surface area contributed by atoms with Crippen molar-refractivity contribution >= 4 is 22.7 Å². The zero-order valence-electron chi connectivity index (χ0n) is 18.1. The van der Waals surface area contributed by atoms with Gasteiger partial charge in [-0.3, -0.25) is 0 Å². The molecule has 1 heterocycles. The predicted octanol–water partition coefficient (Wildman–Crippen LogP) is 6.71. The number of aryl methyl sites for hydroxylation is 5. The van der Waals surface area contributed by atoms with Crippen molar-refractivity contribution in [1.29, 1.82) is 5.26 Å². The lowest BCUT2D eigenvalue weighted by molar-refractivity contribution is 1.35. The monoisotopic (exact) mass is 391 g/mol. The van der Waals surface area contributed by atoms with Crippen LogP contribution < -0.4 is 5.32 Å². The van der Waals surface area contributed by atoms with Crippen molar-refractivity contribution in [2.24, 2.45) is 4.99 Å². The quantitative estimate of drug-likeness (QED) is 0.494. The van der Waals surface area contributed by atoms with E-state index in [-0.39, 0.29) is 0 Å². The fourth-order valence-corrected chi connectivity index (χ4v) is 4.12. The summed E-state index contributed by atoms with van der Waals surface area (Å²) in [6.45, 7) is 10.4. The van der Waals surface area contributed by atoms with E-state index in [1.54, 1.807) is 0 Å². The molecule has 0 fully saturated rings. The van der Waals surface area contributed by atoms with Crippen LogP contribution in [0.1, 0.15) is 38.9 Å². The van der Waals surface area contributed by atoms with Crippen molar-refractivity contribution in [2.45, 2.75) is 34.6 Å². The van der Waals surface area contributed by atoms with Gasteiger partial charge < -0.3 is 5.32 Å². The minimum Gasteiger partial charge on any atom is -0.352 e. The van der Waals surface area contributed by atoms with Crippen LogP contribution >= 0.6 is 0 Å². The highest BCUT2D eigenvalue weighted by Crippen LogP contribution is 2.37. The Morgan fingerprint density at radius 3 is 2.07 bits per heavy atom. The van der Waals surface area contributed by atoms with Gasteiger partial charge in [-0.25, -0.2) is 4.99 Å². The maximum Gasteiger partial charge on any atom is 0.102 e. The zero-order valence-corrected chi connectivity index (χ0v) is 18.1. The van der Waals surface area contributed by atoms with E-state index in [1.807, 2.05) is 31.2 Å². The number of benzene rings is 3. The lowest BCUT2D eigenvalue weighted by Crippen LogP contribution is -2.06. The van der Waals surface area contributed by atoms with E-state index in [0.717, 1.165) is 39.5 Å². The van der Waals surface area contributed by atoms with Crippen molar-refractivity contribution < 1.29 is 0 Å². The number of nitriles is 1. The Kier molecular flexibility index (Phi) is 5.01. The first-order chi connectivity index (χ1) is 14.4. The second kappa shape index (κ2) is 7.65. The van der Waals surface area contributed by atoms with Gasteiger partial charge in [0.2, 0.25) is 0 Å². The Morgan fingerprint density at radius 1 is 0.800 bits per heavy atom. The van der Waals surface area contributed by atoms with Crippen LogP contribution in [0.4, 0.5) is 11.4 Å². The van der Waals surface area contributed by atoms with Gasteiger partial charge in [0, 0.05) is 11.3 Å². The molecule has 1 aliphatic rings. The number of fused-ring (bicyclic) bond motifs is 1. The van der Waals surface area contributed by atoms with Crippen LogP contribution in [0.5, 0.6) is 0 Å². The molecule has 3 aromatic carbocycles. The van der Waals surface area contributed by atoms with Gasteiger partial charge in [-0.1, -0.05) is 42.0 Å². The molecule has 0 radical (unpaired) electrons. The summed E-state index contributed by atoms with van der Waals surface area (Å²) in [6.07, 6.45) is 0. The Labute approximate surface area is 178 Å². The number of nitrogens with one attached hydrogen (secondary N) is 1. The van der Waals surface area contributed by atoms with E-state index in [2.05, 4.69) is 69.4 Å². The molecular formula is C27H25N3. The lowest BCUT2D eigenvalue weighted by atomic mass is 9.97. The molecule has 0 amide bonds. The highest BCUT2D eigenvalue weighted by molar-refractivity contribution is 6.27. The van der Waals surface area contributed by atoms with Gasteiger partial charge in [-0.2, -0.15) is 5.26 Å². The van der Waals surface area contributed by atoms with Gasteiger partial charge >= 0.3 is 0 Å². The molecule has 148 valence electrons. The molecule has 1 N–H and O–H groups in total. The average Bonchev–Trinajstić information content (AvgIpc) is 3.01. The number of allylic oxidation sites excluding steroid dienone is 2. The summed E-state index contributed by atoms with van der Waals surface area (Å²) in [5.41, 5.74) is 11.9. The molecule has 0 saturated carbocycles. The first kappa shape index (κ1) is 19.7. The highest BCUT2D eigenvalue weighted by atomic mass is 15.0. The topological polar surface area (TPSA) is 48.2 Å². The maximum absolute atomic E-state index is 10.1. The summed E-state index contributed by atoms with van der Waals surface area (Å²) in [7, 11) is 0. The molecular weight excluding hydrogens is 366 g/mol. The van der Waals surface area contributed by atoms with Gasteiger partial charge in [0.1, 0.15) is 6.07 Å². The van der Waals surface area contributed by atoms with E-state index in [0.29, 0.717) is 5.57 Å². The molecule has 0 aromatic heterocycles. The molecule has 3 heteroatoms. The van der Waals surface area contributed by atoms with Crippen LogP contribution in [0.2, 0.25) is 0 Å². The van der Waals surface area contributed by atoms with E-state index >= 15 is 0 Å². The van der Waals surface area contributed by atoms with Crippen LogP contribution in [0.3, 0.4) is 0 Å². The van der Waals surface area contributed by atoms with Crippen molar-refractivity contribution in [2.75, 3.05) is 5.32 Å². The molecule has 3 nitrogen and oxygen atoms in total. The Balaban J connectivity index is 2.00. The summed E-state index contributed by atoms with van der Waals surface area (Å²) >= 11 is 0. The third kappa shape index (κ3) is 3.65. The minimum absolute atomic E-state index is 0.603. The third-order valence-electron chi connectivity index (χ3n) is 5.36. The van der Waals surface area contributed by atoms with Crippen LogP contribution in [-0.2, 0) is 0 Å². The van der Waals surface area contributed by atoms with E-state index in [4.69, 9.17) is 4.99 Å². The van der Waals surface area contributed by atoms with E-state index in [1.165, 1.54) is 22.3 Å². The summed E-state index contributed by atoms with van der Waals surface area (Å²) < 4.78 is 0. The average molecular weight is 392 g/mol. The molecule has 1 aliphatic heterocycles. The number of hydrogen-bond acceptors (Lipinski definition) is 3. The Hall–Kier alpha value is -3.64. The maximum atomic E-state index is 10.1. The second-order valence-corrected chi connectivity index (χ2v) is 8.16. The van der Waals surface area contributed by atoms with E-state index in [9.17, 15) is 5.26 Å². The standard InChI is InChI=1S/C27H25N3/c1-16-6-8-21(9-7-16)23(15-28)26-27(29-22-12-17(2)10-18(3)13-22)25-20(5)11-19(4)14-24(25)30-26/h6-14,30H,1-5H3/b26-23-,29-27?. The second-order valence-electron chi connectivity index (χ2n) is 8.16. The van der Waals surface area contributed by atoms with E-state index < -0.39 is 0 Å². The van der Waals surface area contributed by atoms with Crippen molar-refractivity contribution in [3.8, 4) is 6.07 Å². The SMILES string of the molecule is Cc1ccc(/C(C#N)=C2\Nc3cc(C)cc(C)c3C2=Nc2cc(C)cc(C)c2)cc1. The van der Waals surface area contributed by atoms with Gasteiger partial charge in [-0.15, -0.1) is 0 Å². The third-order valence-corrected chi connectivity index (χ3v) is 5.36. The molecule has 0 atom stereocenters. The molecule has 4 rings (SSSR count). The highest BCUT2D eigenvalue weighted by Gasteiger charge is 2.28. The van der Waals surface area contributed by atoms with Crippen LogP contribution in [0.15, 0.2) is 65.3 Å². The van der Waals surface area contributed by atoms with Crippen molar-refractivity contribution in [3.63, 3.8) is 0 Å². The minimum atomic E-state index is 0.603. The van der Waals surface area contributed by atoms with Gasteiger partial charge in [0.15, 0.2) is 0 Å². The Morgan fingerprint density at radius 2 is 1.43 bits per heavy atom. The number of hydrogen-bond donors (Lipinski definition) is 1. The van der Waals surface area contributed by atoms with Gasteiger partial charge in [0.25, 0.3) is 0 Å². The summed E-state index contributed by atoms with van der Waals surface area (Å²) in [6, 6.07) is 21.1. The number of rotatable bonds is 2. The molecule has 0 saturated heterocycles. The largest absolute Gasteiger partial charge is 0.352 e. The first-order valence-electron chi connectivity index (χ1n) is 10.1. The van der Waals surface area contributed by atoms with Crippen LogP contribution in [0.25, 0.3) is 5.57 Å². The number of anilines is 1.